The number of imidazole rings is 1. The molecule has 0 radical (unpaired) electrons. The highest BCUT2D eigenvalue weighted by Crippen LogP contribution is 2.26. The summed E-state index contributed by atoms with van der Waals surface area (Å²) in [7, 11) is 1.79. The van der Waals surface area contributed by atoms with E-state index in [1.54, 1.807) is 54.6 Å². The molecule has 0 spiro atoms. The minimum atomic E-state index is -0.327. The molecule has 0 saturated carbocycles. The number of anilines is 1. The van der Waals surface area contributed by atoms with Crippen molar-refractivity contribution in [3.63, 3.8) is 0 Å². The van der Waals surface area contributed by atoms with Crippen LogP contribution in [0.2, 0.25) is 0 Å². The fraction of sp³-hybridized carbons (Fsp3) is 0.0588. The second-order valence-corrected chi connectivity index (χ2v) is 5.21. The van der Waals surface area contributed by atoms with E-state index in [1.165, 1.54) is 6.07 Å². The Morgan fingerprint density at radius 3 is 2.75 bits per heavy atom. The molecule has 0 fully saturated rings. The summed E-state index contributed by atoms with van der Waals surface area (Å²) in [5.41, 5.74) is 3.29. The van der Waals surface area contributed by atoms with Crippen LogP contribution in [0, 0.1) is 5.82 Å². The molecule has 4 rings (SSSR count). The molecule has 24 heavy (non-hydrogen) atoms. The lowest BCUT2D eigenvalue weighted by molar-refractivity contribution is 0.631. The number of hydrogen-bond donors (Lipinski definition) is 1. The summed E-state index contributed by atoms with van der Waals surface area (Å²) in [5.74, 6) is 0.165. The molecule has 1 aromatic carbocycles. The van der Waals surface area contributed by atoms with Crippen molar-refractivity contribution < 1.29 is 4.39 Å². The highest BCUT2D eigenvalue weighted by Gasteiger charge is 2.12. The summed E-state index contributed by atoms with van der Waals surface area (Å²) >= 11 is 0. The molecule has 0 aliphatic rings. The second-order valence-electron chi connectivity index (χ2n) is 5.21. The fourth-order valence-corrected chi connectivity index (χ4v) is 2.47. The molecule has 3 aromatic heterocycles. The lowest BCUT2D eigenvalue weighted by atomic mass is 10.1. The zero-order chi connectivity index (χ0) is 16.5. The van der Waals surface area contributed by atoms with E-state index >= 15 is 0 Å². The lowest BCUT2D eigenvalue weighted by Gasteiger charge is -2.03. The van der Waals surface area contributed by atoms with Crippen molar-refractivity contribution >= 4 is 11.5 Å². The van der Waals surface area contributed by atoms with E-state index in [9.17, 15) is 4.39 Å². The average molecular weight is 320 g/mol. The van der Waals surface area contributed by atoms with Crippen molar-refractivity contribution in [1.29, 1.82) is 0 Å². The molecule has 0 aliphatic carbocycles. The molecule has 0 bridgehead atoms. The van der Waals surface area contributed by atoms with E-state index in [4.69, 9.17) is 0 Å². The molecule has 0 amide bonds. The SMILES string of the molecule is CNc1ccc(F)c(-c2cn3cc(-c4cnccn4)cnc3n2)c1. The quantitative estimate of drug-likeness (QED) is 0.628. The molecule has 3 heterocycles. The van der Waals surface area contributed by atoms with Gasteiger partial charge in [-0.05, 0) is 18.2 Å². The topological polar surface area (TPSA) is 68.0 Å². The van der Waals surface area contributed by atoms with Crippen LogP contribution < -0.4 is 5.32 Å². The molecular weight excluding hydrogens is 307 g/mol. The third-order valence-corrected chi connectivity index (χ3v) is 3.70. The van der Waals surface area contributed by atoms with Crippen molar-refractivity contribution in [2.45, 2.75) is 0 Å². The molecule has 4 aromatic rings. The van der Waals surface area contributed by atoms with E-state index < -0.39 is 0 Å². The predicted octanol–water partition coefficient (Wildman–Crippen LogP) is 3.03. The number of nitrogens with one attached hydrogen (secondary N) is 1. The van der Waals surface area contributed by atoms with Gasteiger partial charge in [0.2, 0.25) is 5.78 Å². The normalized spacial score (nSPS) is 10.9. The summed E-state index contributed by atoms with van der Waals surface area (Å²) in [6.07, 6.45) is 10.2. The number of hydrogen-bond acceptors (Lipinski definition) is 5. The Kier molecular flexibility index (Phi) is 3.38. The van der Waals surface area contributed by atoms with E-state index in [2.05, 4.69) is 25.3 Å². The summed E-state index contributed by atoms with van der Waals surface area (Å²) < 4.78 is 15.9. The van der Waals surface area contributed by atoms with E-state index in [0.717, 1.165) is 11.3 Å². The molecule has 7 heteroatoms. The summed E-state index contributed by atoms with van der Waals surface area (Å²) in [6, 6.07) is 4.82. The minimum Gasteiger partial charge on any atom is -0.388 e. The van der Waals surface area contributed by atoms with Gasteiger partial charge in [0.15, 0.2) is 0 Å². The van der Waals surface area contributed by atoms with Gasteiger partial charge in [-0.25, -0.2) is 14.4 Å². The summed E-state index contributed by atoms with van der Waals surface area (Å²) in [6.45, 7) is 0. The fourth-order valence-electron chi connectivity index (χ4n) is 2.47. The van der Waals surface area contributed by atoms with Crippen molar-refractivity contribution in [2.75, 3.05) is 12.4 Å². The first-order valence-corrected chi connectivity index (χ1v) is 7.33. The first kappa shape index (κ1) is 14.3. The molecule has 0 unspecified atom stereocenters. The van der Waals surface area contributed by atoms with Gasteiger partial charge in [0, 0.05) is 54.8 Å². The molecule has 118 valence electrons. The summed E-state index contributed by atoms with van der Waals surface area (Å²) in [4.78, 5) is 17.0. The Hall–Kier alpha value is -3.35. The third kappa shape index (κ3) is 2.45. The lowest BCUT2D eigenvalue weighted by Crippen LogP contribution is -1.91. The number of benzene rings is 1. The van der Waals surface area contributed by atoms with Crippen molar-refractivity contribution in [1.82, 2.24) is 24.3 Å². The molecule has 0 atom stereocenters. The van der Waals surface area contributed by atoms with Gasteiger partial charge in [0.25, 0.3) is 0 Å². The summed E-state index contributed by atoms with van der Waals surface area (Å²) in [5, 5.41) is 3.00. The van der Waals surface area contributed by atoms with E-state index in [0.29, 0.717) is 22.7 Å². The van der Waals surface area contributed by atoms with Crippen LogP contribution in [0.3, 0.4) is 0 Å². The number of aromatic nitrogens is 5. The van der Waals surface area contributed by atoms with E-state index in [-0.39, 0.29) is 5.82 Å². The van der Waals surface area contributed by atoms with Gasteiger partial charge in [-0.3, -0.25) is 14.4 Å². The number of nitrogens with zero attached hydrogens (tertiary/aromatic N) is 5. The van der Waals surface area contributed by atoms with E-state index in [1.807, 2.05) is 6.20 Å². The van der Waals surface area contributed by atoms with Crippen molar-refractivity contribution in [2.24, 2.45) is 0 Å². The van der Waals surface area contributed by atoms with Crippen molar-refractivity contribution in [3.05, 3.63) is 61.2 Å². The van der Waals surface area contributed by atoms with Crippen LogP contribution in [-0.4, -0.2) is 31.4 Å². The first-order valence-electron chi connectivity index (χ1n) is 7.33. The first-order chi connectivity index (χ1) is 11.7. The maximum atomic E-state index is 14.1. The standard InChI is InChI=1S/C17H13FN6/c1-19-12-2-3-14(18)13(6-12)16-10-24-9-11(7-22-17(24)23-16)15-8-20-4-5-21-15/h2-10,19H,1H3. The van der Waals surface area contributed by atoms with Crippen LogP contribution >= 0.6 is 0 Å². The molecule has 6 nitrogen and oxygen atoms in total. The van der Waals surface area contributed by atoms with Crippen LogP contribution in [0.5, 0.6) is 0 Å². The zero-order valence-electron chi connectivity index (χ0n) is 12.8. The van der Waals surface area contributed by atoms with Gasteiger partial charge in [-0.2, -0.15) is 0 Å². The van der Waals surface area contributed by atoms with Crippen LogP contribution in [0.1, 0.15) is 0 Å². The number of halogens is 1. The predicted molar refractivity (Wildman–Crippen MR) is 89.0 cm³/mol. The van der Waals surface area contributed by atoms with Gasteiger partial charge in [-0.15, -0.1) is 0 Å². The maximum Gasteiger partial charge on any atom is 0.234 e. The number of rotatable bonds is 3. The van der Waals surface area contributed by atoms with Gasteiger partial charge in [0.05, 0.1) is 17.6 Å². The highest BCUT2D eigenvalue weighted by atomic mass is 19.1. The Bertz CT molecular complexity index is 1010. The molecule has 1 N–H and O–H groups in total. The minimum absolute atomic E-state index is 0.327. The smallest absolute Gasteiger partial charge is 0.234 e. The van der Waals surface area contributed by atoms with Crippen LogP contribution in [0.15, 0.2) is 55.4 Å². The van der Waals surface area contributed by atoms with Crippen LogP contribution in [0.4, 0.5) is 10.1 Å². The molecular formula is C17H13FN6. The van der Waals surface area contributed by atoms with Gasteiger partial charge in [0.1, 0.15) is 5.82 Å². The maximum absolute atomic E-state index is 14.1. The van der Waals surface area contributed by atoms with Crippen LogP contribution in [-0.2, 0) is 0 Å². The molecule has 0 saturated heterocycles. The zero-order valence-corrected chi connectivity index (χ0v) is 12.8. The Morgan fingerprint density at radius 1 is 1.04 bits per heavy atom. The average Bonchev–Trinajstić information content (AvgIpc) is 3.06. The van der Waals surface area contributed by atoms with Gasteiger partial charge in [-0.1, -0.05) is 0 Å². The van der Waals surface area contributed by atoms with Crippen molar-refractivity contribution in [3.8, 4) is 22.5 Å². The van der Waals surface area contributed by atoms with Gasteiger partial charge >= 0.3 is 0 Å². The third-order valence-electron chi connectivity index (χ3n) is 3.70. The number of fused-ring (bicyclic) bond motifs is 1. The second kappa shape index (κ2) is 5.69. The van der Waals surface area contributed by atoms with Crippen LogP contribution in [0.25, 0.3) is 28.3 Å². The Labute approximate surface area is 137 Å². The Balaban J connectivity index is 1.82. The highest BCUT2D eigenvalue weighted by molar-refractivity contribution is 5.68. The Morgan fingerprint density at radius 2 is 1.96 bits per heavy atom. The largest absolute Gasteiger partial charge is 0.388 e. The monoisotopic (exact) mass is 320 g/mol. The molecule has 0 aliphatic heterocycles. The van der Waals surface area contributed by atoms with Gasteiger partial charge < -0.3 is 5.32 Å².